The lowest BCUT2D eigenvalue weighted by atomic mass is 10.2. The van der Waals surface area contributed by atoms with Crippen molar-refractivity contribution in [3.05, 3.63) is 39.8 Å². The number of hydrogen-bond donors (Lipinski definition) is 1. The second kappa shape index (κ2) is 6.47. The molecule has 0 amide bonds. The van der Waals surface area contributed by atoms with Gasteiger partial charge in [0.05, 0.1) is 0 Å². The molecule has 5 heteroatoms. The van der Waals surface area contributed by atoms with Crippen LogP contribution in [0.25, 0.3) is 0 Å². The maximum absolute atomic E-state index is 5.73. The van der Waals surface area contributed by atoms with Crippen LogP contribution in [0.2, 0.25) is 0 Å². The highest BCUT2D eigenvalue weighted by Gasteiger charge is 2.05. The normalized spacial score (nSPS) is 10.6. The summed E-state index contributed by atoms with van der Waals surface area (Å²) >= 11 is 1.61. The van der Waals surface area contributed by atoms with Crippen molar-refractivity contribution in [2.45, 2.75) is 20.0 Å². The molecule has 0 unspecified atom stereocenters. The van der Waals surface area contributed by atoms with Gasteiger partial charge in [-0.25, -0.2) is 0 Å². The fourth-order valence-corrected chi connectivity index (χ4v) is 2.29. The topological polar surface area (TPSA) is 47.0 Å². The zero-order valence-electron chi connectivity index (χ0n) is 10.6. The number of nitrogens with one attached hydrogen (secondary N) is 1. The molecule has 0 radical (unpaired) electrons. The molecule has 1 aromatic carbocycles. The molecular weight excluding hydrogens is 246 g/mol. The molecule has 1 heterocycles. The van der Waals surface area contributed by atoms with E-state index in [4.69, 9.17) is 4.74 Å². The van der Waals surface area contributed by atoms with Crippen LogP contribution in [0.3, 0.4) is 0 Å². The maximum atomic E-state index is 5.73. The summed E-state index contributed by atoms with van der Waals surface area (Å²) in [5, 5.41) is 13.3. The minimum Gasteiger partial charge on any atom is -0.486 e. The molecule has 4 nitrogen and oxygen atoms in total. The number of benzene rings is 1. The van der Waals surface area contributed by atoms with Gasteiger partial charge in [-0.05, 0) is 25.6 Å². The van der Waals surface area contributed by atoms with E-state index in [-0.39, 0.29) is 0 Å². The summed E-state index contributed by atoms with van der Waals surface area (Å²) in [6.07, 6.45) is 0.915. The quantitative estimate of drug-likeness (QED) is 0.868. The van der Waals surface area contributed by atoms with Crippen LogP contribution < -0.4 is 10.1 Å². The molecule has 0 aliphatic rings. The lowest BCUT2D eigenvalue weighted by Crippen LogP contribution is -2.09. The summed E-state index contributed by atoms with van der Waals surface area (Å²) in [6.45, 7) is 3.45. The van der Waals surface area contributed by atoms with Crippen LogP contribution in [0.1, 0.15) is 15.6 Å². The molecule has 0 spiro atoms. The molecule has 18 heavy (non-hydrogen) atoms. The van der Waals surface area contributed by atoms with Crippen LogP contribution in [0.15, 0.2) is 24.3 Å². The first-order valence-corrected chi connectivity index (χ1v) is 6.75. The minimum absolute atomic E-state index is 0.488. The number of rotatable bonds is 6. The first-order chi connectivity index (χ1) is 8.79. The third kappa shape index (κ3) is 3.51. The van der Waals surface area contributed by atoms with E-state index in [1.165, 1.54) is 0 Å². The summed E-state index contributed by atoms with van der Waals surface area (Å²) < 4.78 is 5.73. The molecule has 96 valence electrons. The third-order valence-corrected chi connectivity index (χ3v) is 3.50. The molecule has 1 aromatic heterocycles. The molecule has 0 saturated carbocycles. The van der Waals surface area contributed by atoms with Crippen LogP contribution >= 0.6 is 11.3 Å². The van der Waals surface area contributed by atoms with Gasteiger partial charge in [0.15, 0.2) is 5.01 Å². The highest BCUT2D eigenvalue weighted by molar-refractivity contribution is 7.11. The van der Waals surface area contributed by atoms with Crippen molar-refractivity contribution < 1.29 is 4.74 Å². The van der Waals surface area contributed by atoms with E-state index in [0.717, 1.165) is 34.3 Å². The Hall–Kier alpha value is -1.46. The van der Waals surface area contributed by atoms with Gasteiger partial charge >= 0.3 is 0 Å². The van der Waals surface area contributed by atoms with Crippen LogP contribution in [-0.2, 0) is 13.0 Å². The van der Waals surface area contributed by atoms with Crippen molar-refractivity contribution in [1.29, 1.82) is 0 Å². The Balaban J connectivity index is 1.90. The van der Waals surface area contributed by atoms with Crippen LogP contribution in [0.5, 0.6) is 5.75 Å². The van der Waals surface area contributed by atoms with Gasteiger partial charge < -0.3 is 10.1 Å². The molecular formula is C13H17N3OS. The van der Waals surface area contributed by atoms with Crippen molar-refractivity contribution in [2.24, 2.45) is 0 Å². The predicted molar refractivity (Wildman–Crippen MR) is 73.1 cm³/mol. The number of likely N-dealkylation sites (N-methyl/N-ethyl adjacent to an activating group) is 1. The summed E-state index contributed by atoms with van der Waals surface area (Å²) in [7, 11) is 1.93. The second-order valence-electron chi connectivity index (χ2n) is 4.00. The number of aryl methyl sites for hydroxylation is 1. The van der Waals surface area contributed by atoms with E-state index in [2.05, 4.69) is 15.5 Å². The van der Waals surface area contributed by atoms with Gasteiger partial charge in [-0.2, -0.15) is 0 Å². The van der Waals surface area contributed by atoms with Crippen LogP contribution in [0, 0.1) is 6.92 Å². The van der Waals surface area contributed by atoms with Gasteiger partial charge in [-0.3, -0.25) is 0 Å². The highest BCUT2D eigenvalue weighted by atomic mass is 32.1. The summed E-state index contributed by atoms with van der Waals surface area (Å²) in [5.74, 6) is 0.907. The first kappa shape index (κ1) is 13.0. The number of hydrogen-bond acceptors (Lipinski definition) is 5. The van der Waals surface area contributed by atoms with Crippen molar-refractivity contribution >= 4 is 11.3 Å². The fourth-order valence-electron chi connectivity index (χ4n) is 1.54. The fraction of sp³-hybridized carbons (Fsp3) is 0.385. The Morgan fingerprint density at radius 2 is 2.00 bits per heavy atom. The van der Waals surface area contributed by atoms with E-state index in [1.54, 1.807) is 11.3 Å². The molecule has 2 rings (SSSR count). The molecule has 0 fully saturated rings. The Kier molecular flexibility index (Phi) is 4.66. The Morgan fingerprint density at radius 1 is 1.22 bits per heavy atom. The van der Waals surface area contributed by atoms with Crippen molar-refractivity contribution in [3.63, 3.8) is 0 Å². The van der Waals surface area contributed by atoms with E-state index in [0.29, 0.717) is 6.61 Å². The SMILES string of the molecule is CNCCc1nnc(COc2ccccc2C)s1. The van der Waals surface area contributed by atoms with Gasteiger partial charge in [0, 0.05) is 13.0 Å². The molecule has 0 atom stereocenters. The standard InChI is InChI=1S/C13H17N3OS/c1-10-5-3-4-6-11(10)17-9-13-16-15-12(18-13)7-8-14-2/h3-6,14H,7-9H2,1-2H3. The van der Waals surface area contributed by atoms with Gasteiger partial charge in [-0.1, -0.05) is 29.5 Å². The van der Waals surface area contributed by atoms with Gasteiger partial charge in [-0.15, -0.1) is 10.2 Å². The number of nitrogens with zero attached hydrogens (tertiary/aromatic N) is 2. The largest absolute Gasteiger partial charge is 0.486 e. The Bertz CT molecular complexity index is 498. The first-order valence-electron chi connectivity index (χ1n) is 5.94. The zero-order valence-corrected chi connectivity index (χ0v) is 11.5. The summed E-state index contributed by atoms with van der Waals surface area (Å²) in [6, 6.07) is 7.98. The molecule has 0 aliphatic heterocycles. The third-order valence-electron chi connectivity index (χ3n) is 2.54. The number of ether oxygens (including phenoxy) is 1. The lowest BCUT2D eigenvalue weighted by molar-refractivity contribution is 0.302. The summed E-state index contributed by atoms with van der Waals surface area (Å²) in [5.41, 5.74) is 1.14. The Morgan fingerprint density at radius 3 is 2.78 bits per heavy atom. The molecule has 0 aliphatic carbocycles. The predicted octanol–water partition coefficient (Wildman–Crippen LogP) is 2.19. The van der Waals surface area contributed by atoms with E-state index in [9.17, 15) is 0 Å². The van der Waals surface area contributed by atoms with Gasteiger partial charge in [0.2, 0.25) is 0 Å². The number of para-hydroxylation sites is 1. The average Bonchev–Trinajstić information content (AvgIpc) is 2.83. The maximum Gasteiger partial charge on any atom is 0.155 e. The van der Waals surface area contributed by atoms with Gasteiger partial charge in [0.1, 0.15) is 17.4 Å². The Labute approximate surface area is 111 Å². The van der Waals surface area contributed by atoms with E-state index < -0.39 is 0 Å². The molecule has 1 N–H and O–H groups in total. The second-order valence-corrected chi connectivity index (χ2v) is 5.14. The highest BCUT2D eigenvalue weighted by Crippen LogP contribution is 2.19. The van der Waals surface area contributed by atoms with E-state index >= 15 is 0 Å². The lowest BCUT2D eigenvalue weighted by Gasteiger charge is -2.06. The molecule has 2 aromatic rings. The average molecular weight is 263 g/mol. The molecule has 0 saturated heterocycles. The smallest absolute Gasteiger partial charge is 0.155 e. The monoisotopic (exact) mass is 263 g/mol. The van der Waals surface area contributed by atoms with Crippen molar-refractivity contribution in [2.75, 3.05) is 13.6 Å². The molecule has 0 bridgehead atoms. The van der Waals surface area contributed by atoms with Gasteiger partial charge in [0.25, 0.3) is 0 Å². The number of aromatic nitrogens is 2. The summed E-state index contributed by atoms with van der Waals surface area (Å²) in [4.78, 5) is 0. The van der Waals surface area contributed by atoms with Crippen LogP contribution in [0.4, 0.5) is 0 Å². The van der Waals surface area contributed by atoms with E-state index in [1.807, 2.05) is 38.2 Å². The minimum atomic E-state index is 0.488. The van der Waals surface area contributed by atoms with Crippen molar-refractivity contribution in [1.82, 2.24) is 15.5 Å². The zero-order chi connectivity index (χ0) is 12.8. The van der Waals surface area contributed by atoms with Crippen molar-refractivity contribution in [3.8, 4) is 5.75 Å². The van der Waals surface area contributed by atoms with Crippen LogP contribution in [-0.4, -0.2) is 23.8 Å².